The predicted octanol–water partition coefficient (Wildman–Crippen LogP) is 4.43. The highest BCUT2D eigenvalue weighted by atomic mass is 16.5. The van der Waals surface area contributed by atoms with Crippen molar-refractivity contribution in [1.29, 1.82) is 0 Å². The molecule has 192 valence electrons. The second-order valence-corrected chi connectivity index (χ2v) is 8.77. The van der Waals surface area contributed by atoms with Crippen molar-refractivity contribution < 1.29 is 23.8 Å². The number of nitrogens with one attached hydrogen (secondary N) is 3. The van der Waals surface area contributed by atoms with E-state index in [0.717, 1.165) is 27.1 Å². The molecule has 38 heavy (non-hydrogen) atoms. The first-order valence-electron chi connectivity index (χ1n) is 12.0. The van der Waals surface area contributed by atoms with Gasteiger partial charge in [0.05, 0.1) is 25.4 Å². The van der Waals surface area contributed by atoms with Crippen LogP contribution in [0.3, 0.4) is 0 Å². The summed E-state index contributed by atoms with van der Waals surface area (Å²) >= 11 is 0. The summed E-state index contributed by atoms with van der Waals surface area (Å²) in [5, 5.41) is 13.0. The Labute approximate surface area is 218 Å². The van der Waals surface area contributed by atoms with Crippen molar-refractivity contribution in [2.24, 2.45) is 0 Å². The van der Waals surface area contributed by atoms with Crippen molar-refractivity contribution >= 4 is 17.7 Å². The zero-order valence-electron chi connectivity index (χ0n) is 20.8. The van der Waals surface area contributed by atoms with Crippen molar-refractivity contribution in [3.05, 3.63) is 106 Å². The van der Waals surface area contributed by atoms with E-state index in [0.29, 0.717) is 22.7 Å². The lowest BCUT2D eigenvalue weighted by molar-refractivity contribution is -0.428. The first kappa shape index (κ1) is 24.7. The van der Waals surface area contributed by atoms with Gasteiger partial charge in [0.25, 0.3) is 11.6 Å². The van der Waals surface area contributed by atoms with Crippen LogP contribution in [0.2, 0.25) is 0 Å². The van der Waals surface area contributed by atoms with E-state index < -0.39 is 12.2 Å². The number of rotatable bonds is 8. The van der Waals surface area contributed by atoms with Gasteiger partial charge in [-0.05, 0) is 17.7 Å². The topological polar surface area (TPSA) is 125 Å². The Morgan fingerprint density at radius 3 is 2.55 bits per heavy atom. The minimum atomic E-state index is -0.590. The monoisotopic (exact) mass is 512 g/mol. The van der Waals surface area contributed by atoms with Gasteiger partial charge in [-0.2, -0.15) is 5.10 Å². The second kappa shape index (κ2) is 10.6. The fourth-order valence-electron chi connectivity index (χ4n) is 4.45. The molecule has 3 aromatic carbocycles. The van der Waals surface area contributed by atoms with Gasteiger partial charge in [-0.1, -0.05) is 54.6 Å². The molecule has 5 rings (SSSR count). The summed E-state index contributed by atoms with van der Waals surface area (Å²) in [6.45, 7) is 0.123. The Hall–Kier alpha value is -4.99. The van der Waals surface area contributed by atoms with Gasteiger partial charge in [0, 0.05) is 38.5 Å². The third-order valence-corrected chi connectivity index (χ3v) is 6.36. The third-order valence-electron chi connectivity index (χ3n) is 6.36. The van der Waals surface area contributed by atoms with Crippen LogP contribution < -0.4 is 15.4 Å². The highest BCUT2D eigenvalue weighted by Gasteiger charge is 2.35. The van der Waals surface area contributed by atoms with Crippen molar-refractivity contribution in [3.8, 4) is 17.0 Å². The summed E-state index contributed by atoms with van der Waals surface area (Å²) in [5.41, 5.74) is 4.93. The standard InChI is InChI=1S/C28H25N5O5/c1-33(36)20-10-6-9-19(15-20)22(16-29-28(35)37-2)38-21-13-11-18(12-14-21)24-23-25(17-7-4-3-5-8-17)31-32-26(23)27(34)30-24/h3-15,22,24H,16H2,1-2H3,(H2-,29,30,31,32,34,35)/p+1. The second-order valence-electron chi connectivity index (χ2n) is 8.77. The predicted molar refractivity (Wildman–Crippen MR) is 139 cm³/mol. The Kier molecular flexibility index (Phi) is 6.86. The van der Waals surface area contributed by atoms with Gasteiger partial charge in [0.2, 0.25) is 0 Å². The van der Waals surface area contributed by atoms with Crippen LogP contribution in [0.4, 0.5) is 10.5 Å². The Balaban J connectivity index is 1.40. The van der Waals surface area contributed by atoms with E-state index in [1.807, 2.05) is 48.5 Å². The minimum absolute atomic E-state index is 0.123. The fraction of sp³-hybridized carbons (Fsp3) is 0.179. The number of ether oxygens (including phenoxy) is 2. The summed E-state index contributed by atoms with van der Waals surface area (Å²) in [5.74, 6) is 0.337. The van der Waals surface area contributed by atoms with E-state index in [4.69, 9.17) is 4.74 Å². The van der Waals surface area contributed by atoms with E-state index in [9.17, 15) is 14.5 Å². The third kappa shape index (κ3) is 4.96. The molecule has 0 saturated heterocycles. The van der Waals surface area contributed by atoms with E-state index in [1.54, 1.807) is 30.3 Å². The van der Waals surface area contributed by atoms with Gasteiger partial charge in [0.15, 0.2) is 7.05 Å². The SMILES string of the molecule is COC(=O)NCC(Oc1ccc(C2NC(=O)c3[nH]nc(-c4ccccc4)c32)cc1)c1cccc([N+](C)=O)c1. The number of aromatic nitrogens is 2. The van der Waals surface area contributed by atoms with Crippen LogP contribution >= 0.6 is 0 Å². The molecule has 3 N–H and O–H groups in total. The van der Waals surface area contributed by atoms with Gasteiger partial charge in [0.1, 0.15) is 17.5 Å². The number of benzene rings is 3. The number of hydrogen-bond donors (Lipinski definition) is 3. The van der Waals surface area contributed by atoms with Gasteiger partial charge < -0.3 is 20.1 Å². The lowest BCUT2D eigenvalue weighted by Crippen LogP contribution is -2.30. The molecule has 0 saturated carbocycles. The molecule has 2 heterocycles. The molecule has 1 aliphatic heterocycles. The fourth-order valence-corrected chi connectivity index (χ4v) is 4.45. The number of nitroso groups, excluding NO2 is 1. The smallest absolute Gasteiger partial charge is 0.406 e. The molecule has 0 aliphatic carbocycles. The molecule has 0 fully saturated rings. The molecular weight excluding hydrogens is 486 g/mol. The van der Waals surface area contributed by atoms with Crippen LogP contribution in [0.5, 0.6) is 5.75 Å². The number of fused-ring (bicyclic) bond motifs is 1. The number of alkyl carbamates (subject to hydrolysis) is 1. The average molecular weight is 513 g/mol. The lowest BCUT2D eigenvalue weighted by Gasteiger charge is -2.20. The number of methoxy groups -OCH3 is 1. The van der Waals surface area contributed by atoms with Crippen molar-refractivity contribution in [2.45, 2.75) is 12.1 Å². The summed E-state index contributed by atoms with van der Waals surface area (Å²) in [4.78, 5) is 36.1. The van der Waals surface area contributed by atoms with Gasteiger partial charge in [-0.15, -0.1) is 0 Å². The summed E-state index contributed by atoms with van der Waals surface area (Å²) in [6, 6.07) is 23.7. The maximum atomic E-state index is 12.6. The number of hydrogen-bond acceptors (Lipinski definition) is 6. The number of carbonyl (C=O) groups is 2. The van der Waals surface area contributed by atoms with Crippen LogP contribution in [-0.4, -0.2) is 47.7 Å². The molecule has 2 atom stereocenters. The van der Waals surface area contributed by atoms with Crippen LogP contribution in [0.1, 0.15) is 39.3 Å². The Bertz CT molecular complexity index is 1480. The molecule has 0 bridgehead atoms. The highest BCUT2D eigenvalue weighted by molar-refractivity contribution is 6.00. The van der Waals surface area contributed by atoms with Crippen LogP contribution in [0.25, 0.3) is 11.3 Å². The maximum absolute atomic E-state index is 12.6. The van der Waals surface area contributed by atoms with Crippen molar-refractivity contribution in [1.82, 2.24) is 20.8 Å². The molecule has 4 aromatic rings. The molecular formula is C28H26N5O5+. The molecule has 10 nitrogen and oxygen atoms in total. The number of nitrogens with zero attached hydrogens (tertiary/aromatic N) is 2. The van der Waals surface area contributed by atoms with Crippen molar-refractivity contribution in [2.75, 3.05) is 20.7 Å². The molecule has 0 radical (unpaired) electrons. The average Bonchev–Trinajstić information content (AvgIpc) is 3.53. The van der Waals surface area contributed by atoms with E-state index in [1.165, 1.54) is 14.2 Å². The first-order chi connectivity index (χ1) is 18.4. The van der Waals surface area contributed by atoms with Gasteiger partial charge in [-0.25, -0.2) is 4.79 Å². The number of aromatic amines is 1. The zero-order valence-corrected chi connectivity index (χ0v) is 20.8. The largest absolute Gasteiger partial charge is 0.484 e. The normalized spacial score (nSPS) is 14.8. The zero-order chi connectivity index (χ0) is 26.6. The molecule has 2 unspecified atom stereocenters. The number of H-pyrrole nitrogens is 1. The van der Waals surface area contributed by atoms with Gasteiger partial charge >= 0.3 is 6.09 Å². The molecule has 1 aliphatic rings. The molecule has 1 aromatic heterocycles. The summed E-state index contributed by atoms with van der Waals surface area (Å²) < 4.78 is 11.7. The van der Waals surface area contributed by atoms with E-state index in [2.05, 4.69) is 25.6 Å². The van der Waals surface area contributed by atoms with Crippen molar-refractivity contribution in [3.63, 3.8) is 0 Å². The number of amides is 2. The Morgan fingerprint density at radius 1 is 1.08 bits per heavy atom. The van der Waals surface area contributed by atoms with Crippen LogP contribution in [-0.2, 0) is 4.74 Å². The number of carbonyl (C=O) groups excluding carboxylic acids is 2. The quantitative estimate of drug-likeness (QED) is 0.300. The highest BCUT2D eigenvalue weighted by Crippen LogP contribution is 2.37. The van der Waals surface area contributed by atoms with Gasteiger partial charge in [-0.3, -0.25) is 9.89 Å². The van der Waals surface area contributed by atoms with Crippen LogP contribution in [0.15, 0.2) is 78.9 Å². The summed E-state index contributed by atoms with van der Waals surface area (Å²) in [7, 11) is 2.70. The molecule has 10 heteroatoms. The van der Waals surface area contributed by atoms with E-state index in [-0.39, 0.29) is 18.5 Å². The van der Waals surface area contributed by atoms with Crippen LogP contribution in [0, 0.1) is 4.91 Å². The first-order valence-corrected chi connectivity index (χ1v) is 12.0. The Morgan fingerprint density at radius 2 is 1.84 bits per heavy atom. The minimum Gasteiger partial charge on any atom is -0.484 e. The molecule has 2 amide bonds. The lowest BCUT2D eigenvalue weighted by atomic mass is 9.97. The van der Waals surface area contributed by atoms with E-state index >= 15 is 0 Å². The maximum Gasteiger partial charge on any atom is 0.406 e. The summed E-state index contributed by atoms with van der Waals surface area (Å²) in [6.07, 6.45) is -1.18. The molecule has 0 spiro atoms.